The van der Waals surface area contributed by atoms with E-state index in [-0.39, 0.29) is 29.7 Å². The first kappa shape index (κ1) is 24.1. The van der Waals surface area contributed by atoms with Gasteiger partial charge in [-0.15, -0.1) is 0 Å². The van der Waals surface area contributed by atoms with Crippen LogP contribution < -0.4 is 16.4 Å². The average molecular weight is 499 g/mol. The minimum Gasteiger partial charge on any atom is -0.509 e. The number of nitrogens with two attached hydrogens (primary N) is 2. The number of likely N-dealkylation sites (tertiary alicyclic amines) is 1. The number of rotatable bonds is 2. The number of carbonyl (C=O) groups is 3. The van der Waals surface area contributed by atoms with Gasteiger partial charge in [-0.2, -0.15) is 0 Å². The number of nitrogens with zero attached hydrogens (tertiary/aromatic N) is 2. The molecule has 4 atom stereocenters. The first-order chi connectivity index (χ1) is 16.8. The Balaban J connectivity index is 1.79. The van der Waals surface area contributed by atoms with Gasteiger partial charge in [0.2, 0.25) is 5.78 Å². The van der Waals surface area contributed by atoms with E-state index < -0.39 is 63.3 Å². The average Bonchev–Trinajstić information content (AvgIpc) is 3.18. The molecule has 3 aliphatic carbocycles. The molecule has 5 rings (SSSR count). The fourth-order valence-electron chi connectivity index (χ4n) is 6.99. The van der Waals surface area contributed by atoms with Crippen molar-refractivity contribution in [2.24, 2.45) is 17.6 Å². The molecule has 0 bridgehead atoms. The van der Waals surface area contributed by atoms with E-state index in [0.717, 1.165) is 0 Å². The van der Waals surface area contributed by atoms with Crippen molar-refractivity contribution in [1.82, 2.24) is 4.90 Å². The van der Waals surface area contributed by atoms with Crippen molar-refractivity contribution in [3.63, 3.8) is 0 Å². The van der Waals surface area contributed by atoms with Crippen molar-refractivity contribution < 1.29 is 34.8 Å². The van der Waals surface area contributed by atoms with Crippen LogP contribution >= 0.6 is 0 Å². The van der Waals surface area contributed by atoms with Gasteiger partial charge in [0, 0.05) is 31.3 Å². The van der Waals surface area contributed by atoms with Crippen LogP contribution in [0.3, 0.4) is 0 Å². The number of aliphatic hydroxyl groups excluding tert-OH is 2. The quantitative estimate of drug-likeness (QED) is 0.188. The molecule has 1 unspecified atom stereocenters. The summed E-state index contributed by atoms with van der Waals surface area (Å²) in [4.78, 5) is 43.1. The number of carbonyl (C=O) groups excluding carboxylic acids is 3. The third-order valence-corrected chi connectivity index (χ3v) is 8.64. The molecule has 4 aliphatic rings. The molecule has 0 saturated carbocycles. The monoisotopic (exact) mass is 498 g/mol. The number of phenols is 1. The van der Waals surface area contributed by atoms with Gasteiger partial charge in [-0.05, 0) is 56.8 Å². The van der Waals surface area contributed by atoms with Gasteiger partial charge in [0.1, 0.15) is 22.8 Å². The number of ketones is 2. The van der Waals surface area contributed by atoms with Gasteiger partial charge in [0.15, 0.2) is 11.4 Å². The Hall–Kier alpha value is -3.57. The molecule has 1 aliphatic heterocycles. The molecule has 1 saturated heterocycles. The first-order valence-corrected chi connectivity index (χ1v) is 11.8. The Morgan fingerprint density at radius 3 is 2.42 bits per heavy atom. The lowest BCUT2D eigenvalue weighted by Gasteiger charge is -2.55. The summed E-state index contributed by atoms with van der Waals surface area (Å²) in [5, 5.41) is 45.3. The van der Waals surface area contributed by atoms with Crippen LogP contribution in [0.5, 0.6) is 5.75 Å². The van der Waals surface area contributed by atoms with Gasteiger partial charge in [-0.3, -0.25) is 19.3 Å². The van der Waals surface area contributed by atoms with Crippen LogP contribution in [0.15, 0.2) is 28.7 Å². The molecule has 1 spiro atoms. The fraction of sp³-hybridized carbons (Fsp3) is 0.480. The summed E-state index contributed by atoms with van der Waals surface area (Å²) in [5.41, 5.74) is 7.48. The zero-order chi connectivity index (χ0) is 26.5. The van der Waals surface area contributed by atoms with E-state index in [4.69, 9.17) is 11.5 Å². The molecule has 192 valence electrons. The Kier molecular flexibility index (Phi) is 5.01. The molecular formula is C25H30N4O7. The lowest BCUT2D eigenvalue weighted by atomic mass is 9.54. The van der Waals surface area contributed by atoms with Crippen LogP contribution in [0.25, 0.3) is 0 Å². The van der Waals surface area contributed by atoms with E-state index in [0.29, 0.717) is 30.6 Å². The second kappa shape index (κ2) is 7.47. The topological polar surface area (TPSA) is 191 Å². The minimum atomic E-state index is -2.66. The number of aromatic hydroxyl groups is 1. The van der Waals surface area contributed by atoms with Crippen molar-refractivity contribution >= 4 is 28.8 Å². The van der Waals surface area contributed by atoms with Gasteiger partial charge in [-0.25, -0.2) is 0 Å². The summed E-state index contributed by atoms with van der Waals surface area (Å²) in [6.07, 6.45) is 1.20. The van der Waals surface area contributed by atoms with Crippen molar-refractivity contribution in [3.05, 3.63) is 39.9 Å². The van der Waals surface area contributed by atoms with E-state index >= 15 is 0 Å². The number of nitrogen functional groups attached to an aromatic ring is 1. The van der Waals surface area contributed by atoms with Crippen molar-refractivity contribution in [2.75, 3.05) is 38.3 Å². The number of likely N-dealkylation sites (N-methyl/N-ethyl adjacent to an activating group) is 1. The lowest BCUT2D eigenvalue weighted by Crippen LogP contribution is -2.68. The zero-order valence-electron chi connectivity index (χ0n) is 20.3. The lowest BCUT2D eigenvalue weighted by molar-refractivity contribution is -0.155. The van der Waals surface area contributed by atoms with Gasteiger partial charge >= 0.3 is 0 Å². The second-order valence-corrected chi connectivity index (χ2v) is 10.5. The summed E-state index contributed by atoms with van der Waals surface area (Å²) < 4.78 is 0. The molecule has 1 aromatic rings. The molecule has 36 heavy (non-hydrogen) atoms. The summed E-state index contributed by atoms with van der Waals surface area (Å²) >= 11 is 0. The maximum atomic E-state index is 13.8. The van der Waals surface area contributed by atoms with E-state index in [1.807, 2.05) is 0 Å². The SMILES string of the molecule is CN(C)c1cc(N)c(O)c2c1C[C@H]1C[C@H]3C4(CCCN4C)C(O)=C(C(N)=O)C(=O)[C@@]3(O)C(O)=C1C2=O. The number of hydrogen-bond acceptors (Lipinski definition) is 10. The third-order valence-electron chi connectivity index (χ3n) is 8.64. The number of primary amides is 1. The number of anilines is 2. The molecule has 0 radical (unpaired) electrons. The molecule has 1 aromatic carbocycles. The van der Waals surface area contributed by atoms with Gasteiger partial charge in [0.05, 0.1) is 16.8 Å². The predicted octanol–water partition coefficient (Wildman–Crippen LogP) is 0.303. The molecular weight excluding hydrogens is 468 g/mol. The molecule has 1 heterocycles. The molecule has 1 fully saturated rings. The largest absolute Gasteiger partial charge is 0.509 e. The number of Topliss-reactive ketones (excluding diaryl/α,β-unsaturated/α-hetero) is 2. The Morgan fingerprint density at radius 1 is 1.19 bits per heavy atom. The van der Waals surface area contributed by atoms with Crippen molar-refractivity contribution in [3.8, 4) is 5.75 Å². The Morgan fingerprint density at radius 2 is 1.86 bits per heavy atom. The highest BCUT2D eigenvalue weighted by molar-refractivity contribution is 6.25. The van der Waals surface area contributed by atoms with Crippen LogP contribution in [0.1, 0.15) is 35.2 Å². The smallest absolute Gasteiger partial charge is 0.255 e. The molecule has 0 aromatic heterocycles. The third kappa shape index (κ3) is 2.67. The van der Waals surface area contributed by atoms with Gasteiger partial charge < -0.3 is 36.8 Å². The van der Waals surface area contributed by atoms with Gasteiger partial charge in [0.25, 0.3) is 5.91 Å². The van der Waals surface area contributed by atoms with Crippen LogP contribution in [0.2, 0.25) is 0 Å². The second-order valence-electron chi connectivity index (χ2n) is 10.5. The van der Waals surface area contributed by atoms with E-state index in [2.05, 4.69) is 0 Å². The maximum Gasteiger partial charge on any atom is 0.255 e. The highest BCUT2D eigenvalue weighted by atomic mass is 16.3. The Bertz CT molecular complexity index is 1320. The van der Waals surface area contributed by atoms with Crippen molar-refractivity contribution in [2.45, 2.75) is 36.8 Å². The van der Waals surface area contributed by atoms with Crippen LogP contribution in [-0.2, 0) is 16.0 Å². The number of fused-ring (bicyclic) bond motifs is 4. The highest BCUT2D eigenvalue weighted by Crippen LogP contribution is 2.59. The zero-order valence-corrected chi connectivity index (χ0v) is 20.3. The van der Waals surface area contributed by atoms with Crippen molar-refractivity contribution in [1.29, 1.82) is 0 Å². The normalized spacial score (nSPS) is 32.0. The number of amides is 1. The summed E-state index contributed by atoms with van der Waals surface area (Å²) in [6, 6.07) is 1.57. The number of phenolic OH excluding ortho intramolecular Hbond substituents is 1. The van der Waals surface area contributed by atoms with E-state index in [9.17, 15) is 34.8 Å². The van der Waals surface area contributed by atoms with E-state index in [1.54, 1.807) is 37.0 Å². The number of aliphatic hydroxyl groups is 3. The van der Waals surface area contributed by atoms with E-state index in [1.165, 1.54) is 0 Å². The molecule has 8 N–H and O–H groups in total. The Labute approximate surface area is 207 Å². The molecule has 11 heteroatoms. The van der Waals surface area contributed by atoms with Crippen LogP contribution in [-0.4, -0.2) is 81.6 Å². The van der Waals surface area contributed by atoms with Crippen LogP contribution in [0.4, 0.5) is 11.4 Å². The highest BCUT2D eigenvalue weighted by Gasteiger charge is 2.69. The summed E-state index contributed by atoms with van der Waals surface area (Å²) in [7, 11) is 5.26. The standard InChI is InChI=1S/C25H30N4O7/c1-28(2)13-9-12(26)18(30)16-11(13)7-10-8-14-24(5-4-6-29(24)3)20(32)17(23(27)35)22(34)25(14,36)21(33)15(10)19(16)31/h9-10,14,30,32-33,36H,4-8,26H2,1-3H3,(H2,27,35)/t10-,14-,24?,25-/m0/s1. The predicted molar refractivity (Wildman–Crippen MR) is 130 cm³/mol. The number of benzene rings is 1. The maximum absolute atomic E-state index is 13.8. The van der Waals surface area contributed by atoms with Gasteiger partial charge in [-0.1, -0.05) is 0 Å². The van der Waals surface area contributed by atoms with Crippen LogP contribution in [0, 0.1) is 11.8 Å². The fourth-order valence-corrected chi connectivity index (χ4v) is 6.99. The molecule has 11 nitrogen and oxygen atoms in total. The molecule has 1 amide bonds. The summed E-state index contributed by atoms with van der Waals surface area (Å²) in [5.74, 6) is -6.72. The first-order valence-electron chi connectivity index (χ1n) is 11.8. The number of hydrogen-bond donors (Lipinski definition) is 6. The summed E-state index contributed by atoms with van der Waals surface area (Å²) in [6.45, 7) is 0.512. The minimum absolute atomic E-state index is 0.0270. The number of allylic oxidation sites excluding steroid dienone is 1.